The number of anilines is 1. The molecule has 6 heteroatoms. The lowest BCUT2D eigenvalue weighted by Crippen LogP contribution is -2.28. The molecule has 0 bridgehead atoms. The van der Waals surface area contributed by atoms with Crippen molar-refractivity contribution in [2.24, 2.45) is 0 Å². The van der Waals surface area contributed by atoms with E-state index in [0.717, 1.165) is 17.5 Å². The molecule has 0 saturated heterocycles. The second-order valence-electron chi connectivity index (χ2n) is 5.06. The van der Waals surface area contributed by atoms with Gasteiger partial charge in [0.15, 0.2) is 0 Å². The molecule has 1 aliphatic carbocycles. The van der Waals surface area contributed by atoms with E-state index in [-0.39, 0.29) is 11.6 Å². The number of halogens is 1. The minimum atomic E-state index is -1.24. The number of carbonyl (C=O) groups is 1. The van der Waals surface area contributed by atoms with E-state index in [1.54, 1.807) is 18.5 Å². The molecule has 1 unspecified atom stereocenters. The maximum Gasteiger partial charge on any atom is 0.338 e. The summed E-state index contributed by atoms with van der Waals surface area (Å²) in [6.45, 7) is 0. The molecule has 0 fully saturated rings. The average molecular weight is 287 g/mol. The molecule has 0 spiro atoms. The summed E-state index contributed by atoms with van der Waals surface area (Å²) in [5, 5.41) is 12.2. The zero-order valence-electron chi connectivity index (χ0n) is 11.2. The molecule has 0 radical (unpaired) electrons. The zero-order valence-corrected chi connectivity index (χ0v) is 11.2. The highest BCUT2D eigenvalue weighted by atomic mass is 19.1. The first-order chi connectivity index (χ1) is 10.1. The summed E-state index contributed by atoms with van der Waals surface area (Å²) < 4.78 is 13.7. The van der Waals surface area contributed by atoms with Gasteiger partial charge in [0.05, 0.1) is 5.56 Å². The molecule has 0 aliphatic heterocycles. The predicted molar refractivity (Wildman–Crippen MR) is 74.8 cm³/mol. The topological polar surface area (TPSA) is 75.1 Å². The molecule has 2 N–H and O–H groups in total. The van der Waals surface area contributed by atoms with Crippen LogP contribution in [0.25, 0.3) is 0 Å². The summed E-state index contributed by atoms with van der Waals surface area (Å²) in [7, 11) is 0. The third kappa shape index (κ3) is 2.84. The molecule has 3 rings (SSSR count). The van der Waals surface area contributed by atoms with Crippen molar-refractivity contribution >= 4 is 11.9 Å². The lowest BCUT2D eigenvalue weighted by Gasteiger charge is -2.25. The van der Waals surface area contributed by atoms with Gasteiger partial charge in [-0.15, -0.1) is 0 Å². The lowest BCUT2D eigenvalue weighted by atomic mass is 9.87. The van der Waals surface area contributed by atoms with Crippen molar-refractivity contribution in [3.63, 3.8) is 0 Å². The van der Waals surface area contributed by atoms with Crippen LogP contribution in [0.1, 0.15) is 27.9 Å². The van der Waals surface area contributed by atoms with Gasteiger partial charge in [-0.2, -0.15) is 0 Å². The molecular weight excluding hydrogens is 273 g/mol. The van der Waals surface area contributed by atoms with Crippen LogP contribution in [0.4, 0.5) is 10.3 Å². The van der Waals surface area contributed by atoms with Gasteiger partial charge in [0.25, 0.3) is 0 Å². The van der Waals surface area contributed by atoms with Gasteiger partial charge in [0.2, 0.25) is 5.95 Å². The maximum absolute atomic E-state index is 13.7. The van der Waals surface area contributed by atoms with Gasteiger partial charge in [-0.1, -0.05) is 0 Å². The highest BCUT2D eigenvalue weighted by Gasteiger charge is 2.22. The normalized spacial score (nSPS) is 17.1. The number of fused-ring (bicyclic) bond motifs is 1. The molecule has 5 nitrogen and oxygen atoms in total. The molecule has 0 saturated carbocycles. The van der Waals surface area contributed by atoms with Crippen LogP contribution in [-0.4, -0.2) is 27.1 Å². The Bertz CT molecular complexity index is 676. The number of carboxylic acids is 1. The quantitative estimate of drug-likeness (QED) is 0.906. The van der Waals surface area contributed by atoms with Crippen LogP contribution in [-0.2, 0) is 12.8 Å². The van der Waals surface area contributed by atoms with Gasteiger partial charge in [-0.05, 0) is 48.6 Å². The maximum atomic E-state index is 13.7. The van der Waals surface area contributed by atoms with Gasteiger partial charge in [0.1, 0.15) is 5.82 Å². The molecule has 1 aromatic carbocycles. The Morgan fingerprint density at radius 1 is 1.29 bits per heavy atom. The van der Waals surface area contributed by atoms with E-state index in [1.807, 2.05) is 0 Å². The van der Waals surface area contributed by atoms with Crippen LogP contribution in [0.2, 0.25) is 0 Å². The summed E-state index contributed by atoms with van der Waals surface area (Å²) in [4.78, 5) is 19.2. The molecule has 1 aromatic heterocycles. The monoisotopic (exact) mass is 287 g/mol. The zero-order chi connectivity index (χ0) is 14.8. The number of aryl methyl sites for hydroxylation is 1. The molecule has 2 aromatic rings. The van der Waals surface area contributed by atoms with E-state index in [9.17, 15) is 9.18 Å². The Morgan fingerprint density at radius 2 is 2.05 bits per heavy atom. The number of aromatic nitrogens is 2. The van der Waals surface area contributed by atoms with Gasteiger partial charge >= 0.3 is 5.97 Å². The van der Waals surface area contributed by atoms with Crippen LogP contribution in [0.5, 0.6) is 0 Å². The van der Waals surface area contributed by atoms with E-state index in [2.05, 4.69) is 15.3 Å². The summed E-state index contributed by atoms with van der Waals surface area (Å²) >= 11 is 0. The Kier molecular flexibility index (Phi) is 3.51. The van der Waals surface area contributed by atoms with E-state index in [4.69, 9.17) is 5.11 Å². The van der Waals surface area contributed by atoms with Gasteiger partial charge in [0, 0.05) is 18.4 Å². The lowest BCUT2D eigenvalue weighted by molar-refractivity contribution is 0.0691. The number of rotatable bonds is 3. The number of nitrogens with zero attached hydrogens (tertiary/aromatic N) is 2. The fraction of sp³-hybridized carbons (Fsp3) is 0.267. The molecule has 1 aliphatic rings. The first kappa shape index (κ1) is 13.5. The number of hydrogen-bond acceptors (Lipinski definition) is 4. The average Bonchev–Trinajstić information content (AvgIpc) is 2.47. The largest absolute Gasteiger partial charge is 0.478 e. The van der Waals surface area contributed by atoms with Crippen LogP contribution in [0.3, 0.4) is 0 Å². The van der Waals surface area contributed by atoms with Crippen molar-refractivity contribution in [1.29, 1.82) is 0 Å². The van der Waals surface area contributed by atoms with E-state index >= 15 is 0 Å². The Morgan fingerprint density at radius 3 is 2.76 bits per heavy atom. The van der Waals surface area contributed by atoms with E-state index < -0.39 is 11.8 Å². The Hall–Kier alpha value is -2.50. The molecule has 108 valence electrons. The third-order valence-corrected chi connectivity index (χ3v) is 3.65. The number of aromatic carboxylic acids is 1. The smallest absolute Gasteiger partial charge is 0.338 e. The highest BCUT2D eigenvalue weighted by Crippen LogP contribution is 2.26. The first-order valence-electron chi connectivity index (χ1n) is 6.71. The second-order valence-corrected chi connectivity index (χ2v) is 5.06. The molecule has 21 heavy (non-hydrogen) atoms. The summed E-state index contributed by atoms with van der Waals surface area (Å²) in [6.07, 6.45) is 5.48. The summed E-state index contributed by atoms with van der Waals surface area (Å²) in [6, 6.07) is 4.64. The highest BCUT2D eigenvalue weighted by molar-refractivity contribution is 5.88. The van der Waals surface area contributed by atoms with Crippen LogP contribution < -0.4 is 5.32 Å². The number of hydrogen-bond donors (Lipinski definition) is 2. The fourth-order valence-corrected chi connectivity index (χ4v) is 2.62. The Labute approximate surface area is 120 Å². The molecular formula is C15H14FN3O2. The van der Waals surface area contributed by atoms with Crippen molar-refractivity contribution in [2.75, 3.05) is 5.32 Å². The van der Waals surface area contributed by atoms with Crippen molar-refractivity contribution < 1.29 is 14.3 Å². The first-order valence-corrected chi connectivity index (χ1v) is 6.71. The number of benzene rings is 1. The SMILES string of the molecule is O=C(O)c1cc2c(cc1F)CCC(Nc1ncccn1)C2. The van der Waals surface area contributed by atoms with Crippen molar-refractivity contribution in [3.05, 3.63) is 53.1 Å². The predicted octanol–water partition coefficient (Wildman–Crippen LogP) is 2.28. The van der Waals surface area contributed by atoms with Gasteiger partial charge in [-0.3, -0.25) is 0 Å². The minimum Gasteiger partial charge on any atom is -0.478 e. The second kappa shape index (κ2) is 5.47. The summed E-state index contributed by atoms with van der Waals surface area (Å²) in [5.41, 5.74) is 1.48. The van der Waals surface area contributed by atoms with Crippen LogP contribution in [0, 0.1) is 5.82 Å². The molecule has 0 amide bonds. The van der Waals surface area contributed by atoms with Gasteiger partial charge in [-0.25, -0.2) is 19.2 Å². The van der Waals surface area contributed by atoms with E-state index in [1.165, 1.54) is 12.1 Å². The van der Waals surface area contributed by atoms with Crippen molar-refractivity contribution in [1.82, 2.24) is 9.97 Å². The third-order valence-electron chi connectivity index (χ3n) is 3.65. The molecule has 1 heterocycles. The van der Waals surface area contributed by atoms with Crippen molar-refractivity contribution in [3.8, 4) is 0 Å². The van der Waals surface area contributed by atoms with Crippen LogP contribution >= 0.6 is 0 Å². The van der Waals surface area contributed by atoms with Crippen molar-refractivity contribution in [2.45, 2.75) is 25.3 Å². The van der Waals surface area contributed by atoms with Crippen LogP contribution in [0.15, 0.2) is 30.6 Å². The minimum absolute atomic E-state index is 0.118. The number of carboxylic acid groups (broad SMARTS) is 1. The summed E-state index contributed by atoms with van der Waals surface area (Å²) in [5.74, 6) is -1.36. The molecule has 1 atom stereocenters. The fourth-order valence-electron chi connectivity index (χ4n) is 2.62. The standard InChI is InChI=1S/C15H14FN3O2/c16-13-8-9-2-3-11(19-15-17-4-1-5-18-15)6-10(9)7-12(13)14(20)21/h1,4-5,7-8,11H,2-3,6H2,(H,20,21)(H,17,18,19). The van der Waals surface area contributed by atoms with E-state index in [0.29, 0.717) is 18.8 Å². The Balaban J connectivity index is 1.81. The van der Waals surface area contributed by atoms with Gasteiger partial charge < -0.3 is 10.4 Å². The number of nitrogens with one attached hydrogen (secondary N) is 1.